The number of rotatable bonds is 7. The molecular weight excluding hydrogens is 367 g/mol. The maximum Gasteiger partial charge on any atom is 0.355 e. The van der Waals surface area contributed by atoms with Gasteiger partial charge >= 0.3 is 11.9 Å². The fourth-order valence-corrected chi connectivity index (χ4v) is 2.78. The lowest BCUT2D eigenvalue weighted by molar-refractivity contribution is -0.124. The number of benzene rings is 1. The predicted molar refractivity (Wildman–Crippen MR) is 99.5 cm³/mol. The van der Waals surface area contributed by atoms with E-state index in [1.165, 1.54) is 12.1 Å². The van der Waals surface area contributed by atoms with Crippen LogP contribution in [0.5, 0.6) is 0 Å². The van der Waals surface area contributed by atoms with Crippen molar-refractivity contribution in [3.05, 3.63) is 58.2 Å². The van der Waals surface area contributed by atoms with Crippen molar-refractivity contribution in [2.75, 3.05) is 13.2 Å². The number of carbonyl (C=O) groups excluding carboxylic acids is 3. The third-order valence-electron chi connectivity index (χ3n) is 4.20. The number of esters is 2. The number of carbonyl (C=O) groups is 3. The van der Waals surface area contributed by atoms with E-state index in [1.54, 1.807) is 39.8 Å². The van der Waals surface area contributed by atoms with Crippen LogP contribution in [0, 0.1) is 19.7 Å². The highest BCUT2D eigenvalue weighted by Gasteiger charge is 2.24. The highest BCUT2D eigenvalue weighted by atomic mass is 19.1. The Morgan fingerprint density at radius 3 is 2.36 bits per heavy atom. The van der Waals surface area contributed by atoms with Crippen LogP contribution in [0.4, 0.5) is 4.39 Å². The highest BCUT2D eigenvalue weighted by molar-refractivity contribution is 5.99. The Balaban J connectivity index is 1.97. The van der Waals surface area contributed by atoms with Gasteiger partial charge in [0, 0.05) is 5.69 Å². The third kappa shape index (κ3) is 4.97. The predicted octanol–water partition coefficient (Wildman–Crippen LogP) is 2.98. The van der Waals surface area contributed by atoms with Gasteiger partial charge in [-0.1, -0.05) is 12.1 Å². The standard InChI is InChI=1S/C20H23FN2O5/c1-5-27-20(26)18-11(2)17(13(4)23-18)19(25)28-10-16(24)22-12(3)14-6-8-15(21)9-7-14/h6-9,12,23H,5,10H2,1-4H3,(H,22,24)/t12-/m1/s1. The molecule has 0 radical (unpaired) electrons. The molecule has 1 aromatic carbocycles. The summed E-state index contributed by atoms with van der Waals surface area (Å²) in [6, 6.07) is 5.36. The first kappa shape index (κ1) is 21.1. The van der Waals surface area contributed by atoms with E-state index in [1.807, 2.05) is 0 Å². The number of ether oxygens (including phenoxy) is 2. The Morgan fingerprint density at radius 1 is 1.11 bits per heavy atom. The fraction of sp³-hybridized carbons (Fsp3) is 0.350. The van der Waals surface area contributed by atoms with Crippen molar-refractivity contribution in [3.63, 3.8) is 0 Å². The van der Waals surface area contributed by atoms with E-state index in [0.29, 0.717) is 11.3 Å². The minimum atomic E-state index is -0.716. The summed E-state index contributed by atoms with van der Waals surface area (Å²) in [4.78, 5) is 39.1. The second-order valence-electron chi connectivity index (χ2n) is 6.26. The van der Waals surface area contributed by atoms with Crippen molar-refractivity contribution < 1.29 is 28.2 Å². The van der Waals surface area contributed by atoms with Crippen molar-refractivity contribution in [2.45, 2.75) is 33.7 Å². The molecule has 2 N–H and O–H groups in total. The van der Waals surface area contributed by atoms with E-state index in [9.17, 15) is 18.8 Å². The smallest absolute Gasteiger partial charge is 0.355 e. The van der Waals surface area contributed by atoms with Crippen molar-refractivity contribution in [1.82, 2.24) is 10.3 Å². The number of nitrogens with one attached hydrogen (secondary N) is 2. The van der Waals surface area contributed by atoms with E-state index < -0.39 is 24.5 Å². The Hall–Kier alpha value is -3.16. The summed E-state index contributed by atoms with van der Waals surface area (Å²) in [7, 11) is 0. The van der Waals surface area contributed by atoms with Crippen LogP contribution in [0.15, 0.2) is 24.3 Å². The van der Waals surface area contributed by atoms with Crippen molar-refractivity contribution in [3.8, 4) is 0 Å². The first-order valence-corrected chi connectivity index (χ1v) is 8.82. The second kappa shape index (κ2) is 9.16. The van der Waals surface area contributed by atoms with Crippen molar-refractivity contribution in [1.29, 1.82) is 0 Å². The van der Waals surface area contributed by atoms with Crippen LogP contribution in [0.1, 0.15) is 57.6 Å². The lowest BCUT2D eigenvalue weighted by Crippen LogP contribution is -2.31. The van der Waals surface area contributed by atoms with Gasteiger partial charge in [0.15, 0.2) is 6.61 Å². The summed E-state index contributed by atoms with van der Waals surface area (Å²) in [5.41, 5.74) is 1.95. The molecule has 0 saturated heterocycles. The molecule has 2 rings (SSSR count). The Morgan fingerprint density at radius 2 is 1.75 bits per heavy atom. The molecule has 1 amide bonds. The minimum Gasteiger partial charge on any atom is -0.461 e. The Labute approximate surface area is 162 Å². The van der Waals surface area contributed by atoms with E-state index in [4.69, 9.17) is 9.47 Å². The molecule has 0 aliphatic rings. The van der Waals surface area contributed by atoms with Gasteiger partial charge in [-0.25, -0.2) is 14.0 Å². The topological polar surface area (TPSA) is 97.5 Å². The minimum absolute atomic E-state index is 0.181. The average Bonchev–Trinajstić information content (AvgIpc) is 2.95. The van der Waals surface area contributed by atoms with Gasteiger partial charge in [-0.3, -0.25) is 4.79 Å². The number of hydrogen-bond donors (Lipinski definition) is 2. The summed E-state index contributed by atoms with van der Waals surface area (Å²) in [5, 5.41) is 2.67. The zero-order valence-corrected chi connectivity index (χ0v) is 16.2. The molecule has 0 unspecified atom stereocenters. The van der Waals surface area contributed by atoms with Crippen LogP contribution in [0.25, 0.3) is 0 Å². The number of aromatic nitrogens is 1. The molecule has 2 aromatic rings. The molecule has 28 heavy (non-hydrogen) atoms. The van der Waals surface area contributed by atoms with Crippen LogP contribution in [0.3, 0.4) is 0 Å². The number of halogens is 1. The molecule has 1 atom stereocenters. The number of aryl methyl sites for hydroxylation is 1. The number of H-pyrrole nitrogens is 1. The molecule has 8 heteroatoms. The highest BCUT2D eigenvalue weighted by Crippen LogP contribution is 2.20. The van der Waals surface area contributed by atoms with Gasteiger partial charge in [0.25, 0.3) is 5.91 Å². The van der Waals surface area contributed by atoms with Gasteiger partial charge in [-0.15, -0.1) is 0 Å². The molecule has 150 valence electrons. The summed E-state index contributed by atoms with van der Waals surface area (Å²) in [6.07, 6.45) is 0. The van der Waals surface area contributed by atoms with Crippen molar-refractivity contribution >= 4 is 17.8 Å². The Kier molecular flexibility index (Phi) is 6.92. The van der Waals surface area contributed by atoms with E-state index in [-0.39, 0.29) is 29.7 Å². The molecule has 0 aliphatic carbocycles. The summed E-state index contributed by atoms with van der Waals surface area (Å²) in [6.45, 7) is 6.38. The second-order valence-corrected chi connectivity index (χ2v) is 6.26. The molecule has 1 heterocycles. The average molecular weight is 390 g/mol. The molecule has 0 aliphatic heterocycles. The SMILES string of the molecule is CCOC(=O)c1[nH]c(C)c(C(=O)OCC(=O)N[C@H](C)c2ccc(F)cc2)c1C. The van der Waals surface area contributed by atoms with Crippen LogP contribution in [-0.2, 0) is 14.3 Å². The van der Waals surface area contributed by atoms with Gasteiger partial charge in [0.05, 0.1) is 18.2 Å². The van der Waals surface area contributed by atoms with E-state index >= 15 is 0 Å². The number of aromatic amines is 1. The first-order chi connectivity index (χ1) is 13.2. The van der Waals surface area contributed by atoms with Gasteiger partial charge in [-0.05, 0) is 51.0 Å². The molecule has 0 bridgehead atoms. The van der Waals surface area contributed by atoms with Gasteiger partial charge < -0.3 is 19.8 Å². The number of amides is 1. The lowest BCUT2D eigenvalue weighted by atomic mass is 10.1. The Bertz CT molecular complexity index is 873. The zero-order valence-electron chi connectivity index (χ0n) is 16.2. The zero-order chi connectivity index (χ0) is 20.8. The van der Waals surface area contributed by atoms with Crippen LogP contribution in [-0.4, -0.2) is 36.0 Å². The maximum absolute atomic E-state index is 13.0. The van der Waals surface area contributed by atoms with Crippen LogP contribution < -0.4 is 5.32 Å². The molecule has 0 saturated carbocycles. The fourth-order valence-electron chi connectivity index (χ4n) is 2.78. The molecule has 1 aromatic heterocycles. The normalized spacial score (nSPS) is 11.6. The number of hydrogen-bond acceptors (Lipinski definition) is 5. The van der Waals surface area contributed by atoms with Crippen LogP contribution >= 0.6 is 0 Å². The molecule has 0 fully saturated rings. The van der Waals surface area contributed by atoms with Crippen molar-refractivity contribution in [2.24, 2.45) is 0 Å². The molecular formula is C20H23FN2O5. The summed E-state index contributed by atoms with van der Waals surface area (Å²) in [5.74, 6) is -2.14. The first-order valence-electron chi connectivity index (χ1n) is 8.82. The van der Waals surface area contributed by atoms with Gasteiger partial charge in [-0.2, -0.15) is 0 Å². The monoisotopic (exact) mass is 390 g/mol. The molecule has 7 nitrogen and oxygen atoms in total. The largest absolute Gasteiger partial charge is 0.461 e. The van der Waals surface area contributed by atoms with Crippen LogP contribution in [0.2, 0.25) is 0 Å². The van der Waals surface area contributed by atoms with Gasteiger partial charge in [0.2, 0.25) is 0 Å². The maximum atomic E-state index is 13.0. The lowest BCUT2D eigenvalue weighted by Gasteiger charge is -2.14. The van der Waals surface area contributed by atoms with E-state index in [2.05, 4.69) is 10.3 Å². The summed E-state index contributed by atoms with van der Waals surface area (Å²) >= 11 is 0. The third-order valence-corrected chi connectivity index (χ3v) is 4.20. The molecule has 0 spiro atoms. The quantitative estimate of drug-likeness (QED) is 0.709. The van der Waals surface area contributed by atoms with Gasteiger partial charge in [0.1, 0.15) is 11.5 Å². The van der Waals surface area contributed by atoms with E-state index in [0.717, 1.165) is 5.56 Å². The summed E-state index contributed by atoms with van der Waals surface area (Å²) < 4.78 is 23.0.